The largest absolute Gasteiger partial charge is 0.310 e. The first-order valence-electron chi connectivity index (χ1n) is 3.80. The molecule has 0 aliphatic carbocycles. The minimum Gasteiger partial charge on any atom is -0.310 e. The summed E-state index contributed by atoms with van der Waals surface area (Å²) in [5.41, 5.74) is 0.150. The highest BCUT2D eigenvalue weighted by Crippen LogP contribution is 2.22. The Kier molecular flexibility index (Phi) is 2.28. The lowest BCUT2D eigenvalue weighted by molar-refractivity contribution is 1.04. The van der Waals surface area contributed by atoms with Gasteiger partial charge in [0, 0.05) is 0 Å². The molecule has 0 atom stereocenters. The van der Waals surface area contributed by atoms with Gasteiger partial charge in [0.2, 0.25) is 0 Å². The maximum Gasteiger partial charge on any atom is 0.260 e. The Bertz CT molecular complexity index is 566. The molecule has 2 heterocycles. The Labute approximate surface area is 92.5 Å². The second-order valence-electron chi connectivity index (χ2n) is 2.78. The zero-order valence-electron chi connectivity index (χ0n) is 7.14. The highest BCUT2D eigenvalue weighted by atomic mass is 79.9. The zero-order valence-corrected chi connectivity index (χ0v) is 9.48. The van der Waals surface area contributed by atoms with Gasteiger partial charge in [0.1, 0.15) is 11.0 Å². The van der Waals surface area contributed by atoms with Crippen LogP contribution >= 0.6 is 27.5 Å². The second-order valence-corrected chi connectivity index (χ2v) is 4.00. The van der Waals surface area contributed by atoms with Crippen LogP contribution in [0.5, 0.6) is 0 Å². The molecule has 0 saturated heterocycles. The fourth-order valence-electron chi connectivity index (χ4n) is 1.13. The minimum atomic E-state index is -0.211. The van der Waals surface area contributed by atoms with Crippen molar-refractivity contribution in [3.63, 3.8) is 0 Å². The molecule has 2 rings (SSSR count). The van der Waals surface area contributed by atoms with E-state index >= 15 is 0 Å². The Balaban J connectivity index is 2.96. The molecule has 0 unspecified atom stereocenters. The number of pyridine rings is 1. The molecule has 0 amide bonds. The van der Waals surface area contributed by atoms with Crippen molar-refractivity contribution in [2.24, 2.45) is 0 Å². The van der Waals surface area contributed by atoms with Gasteiger partial charge in [-0.05, 0) is 28.9 Å². The van der Waals surface area contributed by atoms with Crippen LogP contribution in [0.1, 0.15) is 5.82 Å². The Morgan fingerprint density at radius 3 is 2.93 bits per heavy atom. The van der Waals surface area contributed by atoms with E-state index in [-0.39, 0.29) is 5.56 Å². The lowest BCUT2D eigenvalue weighted by Crippen LogP contribution is -2.10. The van der Waals surface area contributed by atoms with E-state index in [2.05, 4.69) is 30.9 Å². The number of hydrogen-bond acceptors (Lipinski definition) is 3. The second kappa shape index (κ2) is 3.33. The summed E-state index contributed by atoms with van der Waals surface area (Å²) in [6.07, 6.45) is 0. The molecule has 0 aliphatic rings. The molecule has 0 aliphatic heterocycles. The third-order valence-corrected chi connectivity index (χ3v) is 2.85. The van der Waals surface area contributed by atoms with Crippen molar-refractivity contribution in [2.75, 3.05) is 0 Å². The van der Waals surface area contributed by atoms with Crippen LogP contribution in [0.15, 0.2) is 15.3 Å². The Hall–Kier alpha value is -0.940. The van der Waals surface area contributed by atoms with Crippen LogP contribution < -0.4 is 5.56 Å². The van der Waals surface area contributed by atoms with E-state index in [1.54, 1.807) is 13.0 Å². The molecule has 0 spiro atoms. The van der Waals surface area contributed by atoms with Crippen LogP contribution in [0.25, 0.3) is 11.0 Å². The molecule has 2 aromatic heterocycles. The molecular formula is C8H5BrClN3O. The van der Waals surface area contributed by atoms with Gasteiger partial charge in [-0.2, -0.15) is 0 Å². The summed E-state index contributed by atoms with van der Waals surface area (Å²) < 4.78 is 0.586. The first-order chi connectivity index (χ1) is 6.58. The van der Waals surface area contributed by atoms with E-state index < -0.39 is 0 Å². The maximum absolute atomic E-state index is 11.5. The first kappa shape index (κ1) is 9.61. The summed E-state index contributed by atoms with van der Waals surface area (Å²) in [7, 11) is 0. The number of aryl methyl sites for hydroxylation is 1. The molecule has 0 radical (unpaired) electrons. The van der Waals surface area contributed by atoms with Gasteiger partial charge >= 0.3 is 0 Å². The summed E-state index contributed by atoms with van der Waals surface area (Å²) in [6, 6.07) is 1.61. The van der Waals surface area contributed by atoms with E-state index in [0.29, 0.717) is 26.5 Å². The lowest BCUT2D eigenvalue weighted by Gasteiger charge is -1.99. The fraction of sp³-hybridized carbons (Fsp3) is 0.125. The van der Waals surface area contributed by atoms with E-state index in [4.69, 9.17) is 11.6 Å². The van der Waals surface area contributed by atoms with Crippen molar-refractivity contribution in [3.8, 4) is 0 Å². The van der Waals surface area contributed by atoms with E-state index in [1.807, 2.05) is 0 Å². The molecule has 1 N–H and O–H groups in total. The van der Waals surface area contributed by atoms with Gasteiger partial charge in [-0.15, -0.1) is 0 Å². The highest BCUT2D eigenvalue weighted by molar-refractivity contribution is 9.10. The maximum atomic E-state index is 11.5. The van der Waals surface area contributed by atoms with Crippen LogP contribution in [-0.4, -0.2) is 15.0 Å². The number of rotatable bonds is 0. The van der Waals surface area contributed by atoms with Crippen molar-refractivity contribution in [1.82, 2.24) is 15.0 Å². The molecule has 6 heteroatoms. The summed E-state index contributed by atoms with van der Waals surface area (Å²) >= 11 is 8.98. The molecule has 14 heavy (non-hydrogen) atoms. The average molecular weight is 275 g/mol. The van der Waals surface area contributed by atoms with Gasteiger partial charge in [-0.25, -0.2) is 9.97 Å². The van der Waals surface area contributed by atoms with Gasteiger partial charge in [-0.3, -0.25) is 4.79 Å². The van der Waals surface area contributed by atoms with Gasteiger partial charge < -0.3 is 4.98 Å². The standard InChI is InChI=1S/C8H5BrClN3O/c1-3-11-7-4(8(14)12-3)2-5(9)6(10)13-7/h2H,1H3,(H,11,12,13,14). The first-order valence-corrected chi connectivity index (χ1v) is 4.97. The predicted octanol–water partition coefficient (Wildman–Crippen LogP) is 2.04. The highest BCUT2D eigenvalue weighted by Gasteiger charge is 2.06. The van der Waals surface area contributed by atoms with Crippen molar-refractivity contribution < 1.29 is 0 Å². The molecule has 0 fully saturated rings. The topological polar surface area (TPSA) is 58.6 Å². The molecule has 0 saturated carbocycles. The van der Waals surface area contributed by atoms with Crippen molar-refractivity contribution in [1.29, 1.82) is 0 Å². The van der Waals surface area contributed by atoms with E-state index in [9.17, 15) is 4.79 Å². The normalized spacial score (nSPS) is 10.8. The van der Waals surface area contributed by atoms with Crippen LogP contribution in [-0.2, 0) is 0 Å². The smallest absolute Gasteiger partial charge is 0.260 e. The third-order valence-electron chi connectivity index (χ3n) is 1.73. The Morgan fingerprint density at radius 2 is 2.21 bits per heavy atom. The monoisotopic (exact) mass is 273 g/mol. The summed E-state index contributed by atoms with van der Waals surface area (Å²) in [5, 5.41) is 0.724. The SMILES string of the molecule is Cc1nc2nc(Cl)c(Br)cc2c(=O)[nH]1. The predicted molar refractivity (Wildman–Crippen MR) is 57.6 cm³/mol. The van der Waals surface area contributed by atoms with E-state index in [1.165, 1.54) is 0 Å². The van der Waals surface area contributed by atoms with E-state index in [0.717, 1.165) is 0 Å². The summed E-state index contributed by atoms with van der Waals surface area (Å²) in [4.78, 5) is 22.1. The van der Waals surface area contributed by atoms with Crippen molar-refractivity contribution in [2.45, 2.75) is 6.92 Å². The summed E-state index contributed by atoms with van der Waals surface area (Å²) in [5.74, 6) is 0.522. The molecule has 4 nitrogen and oxygen atoms in total. The molecule has 0 bridgehead atoms. The number of nitrogens with zero attached hydrogens (tertiary/aromatic N) is 2. The minimum absolute atomic E-state index is 0.211. The molecular weight excluding hydrogens is 269 g/mol. The van der Waals surface area contributed by atoms with Crippen LogP contribution in [0.2, 0.25) is 5.15 Å². The number of aromatic nitrogens is 3. The van der Waals surface area contributed by atoms with Crippen LogP contribution in [0.3, 0.4) is 0 Å². The number of nitrogens with one attached hydrogen (secondary N) is 1. The Morgan fingerprint density at radius 1 is 1.50 bits per heavy atom. The van der Waals surface area contributed by atoms with Crippen LogP contribution in [0.4, 0.5) is 0 Å². The number of hydrogen-bond donors (Lipinski definition) is 1. The molecule has 0 aromatic carbocycles. The van der Waals surface area contributed by atoms with Crippen molar-refractivity contribution >= 4 is 38.6 Å². The number of H-pyrrole nitrogens is 1. The number of aromatic amines is 1. The zero-order chi connectivity index (χ0) is 10.3. The third kappa shape index (κ3) is 1.53. The molecule has 2 aromatic rings. The lowest BCUT2D eigenvalue weighted by atomic mass is 10.3. The molecule has 72 valence electrons. The number of fused-ring (bicyclic) bond motifs is 1. The quantitative estimate of drug-likeness (QED) is 0.748. The van der Waals surface area contributed by atoms with Gasteiger partial charge in [0.15, 0.2) is 5.65 Å². The van der Waals surface area contributed by atoms with Gasteiger partial charge in [0.25, 0.3) is 5.56 Å². The van der Waals surface area contributed by atoms with Crippen molar-refractivity contribution in [3.05, 3.63) is 31.9 Å². The number of halogens is 2. The van der Waals surface area contributed by atoms with Crippen LogP contribution in [0, 0.1) is 6.92 Å². The average Bonchev–Trinajstić information content (AvgIpc) is 2.08. The van der Waals surface area contributed by atoms with Gasteiger partial charge in [0.05, 0.1) is 9.86 Å². The fourth-order valence-corrected chi connectivity index (χ4v) is 1.58. The van der Waals surface area contributed by atoms with Gasteiger partial charge in [-0.1, -0.05) is 11.6 Å². The summed E-state index contributed by atoms with van der Waals surface area (Å²) in [6.45, 7) is 1.69.